The number of halogens is 3. The predicted molar refractivity (Wildman–Crippen MR) is 70.4 cm³/mol. The molecule has 0 radical (unpaired) electrons. The molecule has 6 heteroatoms. The van der Waals surface area contributed by atoms with Crippen LogP contribution in [0.4, 0.5) is 13.2 Å². The minimum Gasteiger partial charge on any atom is -0.508 e. The van der Waals surface area contributed by atoms with Gasteiger partial charge in [0.1, 0.15) is 17.2 Å². The van der Waals surface area contributed by atoms with Crippen LogP contribution in [0, 0.1) is 6.92 Å². The van der Waals surface area contributed by atoms with Crippen molar-refractivity contribution < 1.29 is 28.1 Å². The maximum Gasteiger partial charge on any atom is 0.573 e. The second-order valence-corrected chi connectivity index (χ2v) is 4.60. The van der Waals surface area contributed by atoms with Crippen LogP contribution in [0.15, 0.2) is 36.4 Å². The molecule has 0 aliphatic rings. The summed E-state index contributed by atoms with van der Waals surface area (Å²) >= 11 is 0. The Labute approximate surface area is 119 Å². The minimum atomic E-state index is -4.80. The van der Waals surface area contributed by atoms with Crippen LogP contribution in [0.5, 0.6) is 17.2 Å². The van der Waals surface area contributed by atoms with Crippen molar-refractivity contribution in [2.24, 2.45) is 0 Å². The summed E-state index contributed by atoms with van der Waals surface area (Å²) in [5.74, 6) is -0.507. The number of rotatable bonds is 3. The molecule has 112 valence electrons. The fraction of sp³-hybridized carbons (Fsp3) is 0.200. The van der Waals surface area contributed by atoms with E-state index in [-0.39, 0.29) is 29.0 Å². The van der Waals surface area contributed by atoms with E-state index < -0.39 is 12.1 Å². The zero-order chi connectivity index (χ0) is 15.6. The summed E-state index contributed by atoms with van der Waals surface area (Å²) in [6, 6.07) is 8.64. The van der Waals surface area contributed by atoms with E-state index in [2.05, 4.69) is 4.74 Å². The number of ether oxygens (including phenoxy) is 1. The molecule has 0 atom stereocenters. The number of hydrogen-bond acceptors (Lipinski definition) is 3. The maximum atomic E-state index is 12.3. The molecular weight excluding hydrogens is 285 g/mol. The number of benzene rings is 2. The summed E-state index contributed by atoms with van der Waals surface area (Å²) in [7, 11) is 0. The summed E-state index contributed by atoms with van der Waals surface area (Å²) < 4.78 is 40.7. The highest BCUT2D eigenvalue weighted by Crippen LogP contribution is 2.33. The van der Waals surface area contributed by atoms with Crippen LogP contribution in [-0.2, 0) is 6.42 Å². The van der Waals surface area contributed by atoms with Crippen molar-refractivity contribution in [2.75, 3.05) is 0 Å². The zero-order valence-corrected chi connectivity index (χ0v) is 11.1. The Balaban J connectivity index is 2.37. The number of alkyl halides is 3. The average molecular weight is 298 g/mol. The van der Waals surface area contributed by atoms with Gasteiger partial charge in [-0.25, -0.2) is 0 Å². The quantitative estimate of drug-likeness (QED) is 0.903. The Kier molecular flexibility index (Phi) is 3.97. The number of hydrogen-bond donors (Lipinski definition) is 2. The van der Waals surface area contributed by atoms with Crippen LogP contribution >= 0.6 is 0 Å². The third-order valence-corrected chi connectivity index (χ3v) is 2.96. The summed E-state index contributed by atoms with van der Waals surface area (Å²) in [6.07, 6.45) is -4.70. The topological polar surface area (TPSA) is 49.7 Å². The molecule has 0 saturated heterocycles. The Hall–Kier alpha value is -2.37. The van der Waals surface area contributed by atoms with E-state index in [9.17, 15) is 23.4 Å². The first-order valence-corrected chi connectivity index (χ1v) is 6.11. The Morgan fingerprint density at radius 3 is 2.33 bits per heavy atom. The molecule has 2 aromatic carbocycles. The average Bonchev–Trinajstić information content (AvgIpc) is 2.36. The second kappa shape index (κ2) is 5.55. The normalized spacial score (nSPS) is 11.4. The Morgan fingerprint density at radius 1 is 1.05 bits per heavy atom. The zero-order valence-electron chi connectivity index (χ0n) is 11.1. The van der Waals surface area contributed by atoms with Gasteiger partial charge in [0.25, 0.3) is 0 Å². The minimum absolute atomic E-state index is 0.0108. The number of para-hydroxylation sites is 1. The largest absolute Gasteiger partial charge is 0.573 e. The number of aromatic hydroxyl groups is 2. The predicted octanol–water partition coefficient (Wildman–Crippen LogP) is 3.90. The third-order valence-electron chi connectivity index (χ3n) is 2.96. The first-order valence-electron chi connectivity index (χ1n) is 6.11. The lowest BCUT2D eigenvalue weighted by molar-refractivity contribution is -0.274. The molecular formula is C15H13F3O3. The highest BCUT2D eigenvalue weighted by molar-refractivity contribution is 5.49. The van der Waals surface area contributed by atoms with Crippen LogP contribution in [0.3, 0.4) is 0 Å². The van der Waals surface area contributed by atoms with Gasteiger partial charge in [-0.2, -0.15) is 0 Å². The lowest BCUT2D eigenvalue weighted by atomic mass is 10.0. The van der Waals surface area contributed by atoms with E-state index in [1.807, 2.05) is 0 Å². The van der Waals surface area contributed by atoms with Crippen molar-refractivity contribution in [1.82, 2.24) is 0 Å². The standard InChI is InChI=1S/C15H13F3O3/c1-9-6-12(21-15(16,17)18)8-11(14(9)20)7-10-4-2-3-5-13(10)19/h2-6,8,19-20H,7H2,1H3. The van der Waals surface area contributed by atoms with Crippen LogP contribution in [0.1, 0.15) is 16.7 Å². The highest BCUT2D eigenvalue weighted by Gasteiger charge is 2.31. The van der Waals surface area contributed by atoms with Gasteiger partial charge in [0, 0.05) is 12.0 Å². The van der Waals surface area contributed by atoms with Crippen molar-refractivity contribution in [1.29, 1.82) is 0 Å². The molecule has 0 aliphatic heterocycles. The van der Waals surface area contributed by atoms with Crippen molar-refractivity contribution in [3.8, 4) is 17.2 Å². The van der Waals surface area contributed by atoms with Gasteiger partial charge in [-0.1, -0.05) is 18.2 Å². The SMILES string of the molecule is Cc1cc(OC(F)(F)F)cc(Cc2ccccc2O)c1O. The van der Waals surface area contributed by atoms with Crippen LogP contribution in [0.25, 0.3) is 0 Å². The van der Waals surface area contributed by atoms with Gasteiger partial charge in [0.05, 0.1) is 0 Å². The lowest BCUT2D eigenvalue weighted by Crippen LogP contribution is -2.17. The molecule has 0 spiro atoms. The Bertz CT molecular complexity index is 651. The van der Waals surface area contributed by atoms with E-state index in [0.717, 1.165) is 12.1 Å². The highest BCUT2D eigenvalue weighted by atomic mass is 19.4. The molecule has 3 nitrogen and oxygen atoms in total. The van der Waals surface area contributed by atoms with Crippen LogP contribution in [-0.4, -0.2) is 16.6 Å². The molecule has 0 unspecified atom stereocenters. The summed E-state index contributed by atoms with van der Waals surface area (Å²) in [5, 5.41) is 19.6. The fourth-order valence-corrected chi connectivity index (χ4v) is 2.01. The van der Waals surface area contributed by atoms with Gasteiger partial charge in [0.2, 0.25) is 0 Å². The molecule has 2 aromatic rings. The Morgan fingerprint density at radius 2 is 1.71 bits per heavy atom. The first-order chi connectivity index (χ1) is 9.76. The van der Waals surface area contributed by atoms with Gasteiger partial charge in [-0.05, 0) is 36.2 Å². The molecule has 0 amide bonds. The summed E-state index contributed by atoms with van der Waals surface area (Å²) in [4.78, 5) is 0. The lowest BCUT2D eigenvalue weighted by Gasteiger charge is -2.14. The molecule has 21 heavy (non-hydrogen) atoms. The van der Waals surface area contributed by atoms with E-state index in [1.165, 1.54) is 13.0 Å². The number of phenols is 2. The van der Waals surface area contributed by atoms with E-state index in [0.29, 0.717) is 5.56 Å². The van der Waals surface area contributed by atoms with E-state index >= 15 is 0 Å². The van der Waals surface area contributed by atoms with Crippen molar-refractivity contribution in [2.45, 2.75) is 19.7 Å². The van der Waals surface area contributed by atoms with E-state index in [4.69, 9.17) is 0 Å². The first kappa shape index (κ1) is 15.0. The molecule has 0 aliphatic carbocycles. The van der Waals surface area contributed by atoms with Gasteiger partial charge < -0.3 is 14.9 Å². The number of phenolic OH excluding ortho intramolecular Hbond substituents is 2. The van der Waals surface area contributed by atoms with Crippen molar-refractivity contribution in [3.05, 3.63) is 53.1 Å². The van der Waals surface area contributed by atoms with E-state index in [1.54, 1.807) is 18.2 Å². The molecule has 0 heterocycles. The van der Waals surface area contributed by atoms with Gasteiger partial charge >= 0.3 is 6.36 Å². The third kappa shape index (κ3) is 3.81. The second-order valence-electron chi connectivity index (χ2n) is 4.60. The fourth-order valence-electron chi connectivity index (χ4n) is 2.01. The van der Waals surface area contributed by atoms with Gasteiger partial charge in [-0.15, -0.1) is 13.2 Å². The van der Waals surface area contributed by atoms with Crippen LogP contribution in [0.2, 0.25) is 0 Å². The number of aryl methyl sites for hydroxylation is 1. The summed E-state index contributed by atoms with van der Waals surface area (Å²) in [5.41, 5.74) is 1.01. The van der Waals surface area contributed by atoms with Crippen molar-refractivity contribution in [3.63, 3.8) is 0 Å². The monoisotopic (exact) mass is 298 g/mol. The van der Waals surface area contributed by atoms with Crippen molar-refractivity contribution >= 4 is 0 Å². The molecule has 2 N–H and O–H groups in total. The van der Waals surface area contributed by atoms with Gasteiger partial charge in [0.15, 0.2) is 0 Å². The maximum absolute atomic E-state index is 12.3. The van der Waals surface area contributed by atoms with Gasteiger partial charge in [-0.3, -0.25) is 0 Å². The molecule has 0 bridgehead atoms. The molecule has 0 aromatic heterocycles. The molecule has 0 saturated carbocycles. The summed E-state index contributed by atoms with van der Waals surface area (Å²) in [6.45, 7) is 1.48. The molecule has 0 fully saturated rings. The smallest absolute Gasteiger partial charge is 0.508 e. The van der Waals surface area contributed by atoms with Crippen LogP contribution < -0.4 is 4.74 Å². The molecule has 2 rings (SSSR count).